The number of hydrogen-bond donors (Lipinski definition) is 2. The number of hydrogen-bond acceptors (Lipinski definition) is 4. The first-order chi connectivity index (χ1) is 12.9. The van der Waals surface area contributed by atoms with E-state index >= 15 is 0 Å². The van der Waals surface area contributed by atoms with E-state index in [1.165, 1.54) is 13.0 Å². The number of halogens is 1. The molecule has 0 radical (unpaired) electrons. The summed E-state index contributed by atoms with van der Waals surface area (Å²) in [6, 6.07) is 12.8. The Morgan fingerprint density at radius 2 is 1.74 bits per heavy atom. The molecule has 142 valence electrons. The molecule has 6 nitrogen and oxygen atoms in total. The van der Waals surface area contributed by atoms with Crippen molar-refractivity contribution in [3.8, 4) is 0 Å². The second kappa shape index (κ2) is 9.73. The molecule has 0 fully saturated rings. The van der Waals surface area contributed by atoms with Crippen molar-refractivity contribution in [2.45, 2.75) is 26.4 Å². The van der Waals surface area contributed by atoms with Crippen molar-refractivity contribution in [3.63, 3.8) is 0 Å². The summed E-state index contributed by atoms with van der Waals surface area (Å²) >= 11 is 5.82. The molecule has 0 aliphatic rings. The van der Waals surface area contributed by atoms with Gasteiger partial charge in [-0.3, -0.25) is 9.59 Å². The van der Waals surface area contributed by atoms with Crippen LogP contribution in [0.3, 0.4) is 0 Å². The quantitative estimate of drug-likeness (QED) is 0.709. The topological polar surface area (TPSA) is 84.5 Å². The number of esters is 1. The second-order valence-corrected chi connectivity index (χ2v) is 6.28. The van der Waals surface area contributed by atoms with E-state index < -0.39 is 12.1 Å². The average molecular weight is 389 g/mol. The van der Waals surface area contributed by atoms with Crippen LogP contribution in [-0.2, 0) is 9.53 Å². The van der Waals surface area contributed by atoms with Gasteiger partial charge in [0.25, 0.3) is 11.8 Å². The summed E-state index contributed by atoms with van der Waals surface area (Å²) < 4.78 is 5.22. The highest BCUT2D eigenvalue weighted by Gasteiger charge is 2.21. The minimum absolute atomic E-state index is 0.162. The number of benzene rings is 2. The van der Waals surface area contributed by atoms with E-state index in [2.05, 4.69) is 10.6 Å². The Balaban J connectivity index is 2.10. The fourth-order valence-electron chi connectivity index (χ4n) is 2.24. The molecule has 0 aliphatic heterocycles. The van der Waals surface area contributed by atoms with Gasteiger partial charge in [-0.1, -0.05) is 30.7 Å². The summed E-state index contributed by atoms with van der Waals surface area (Å²) in [4.78, 5) is 36.7. The fraction of sp³-hybridized carbons (Fsp3) is 0.250. The molecule has 7 heteroatoms. The molecule has 27 heavy (non-hydrogen) atoms. The summed E-state index contributed by atoms with van der Waals surface area (Å²) in [7, 11) is 0. The summed E-state index contributed by atoms with van der Waals surface area (Å²) in [6.45, 7) is 3.93. The smallest absolute Gasteiger partial charge is 0.341 e. The number of amides is 2. The van der Waals surface area contributed by atoms with Crippen LogP contribution in [0.2, 0.25) is 5.02 Å². The highest BCUT2D eigenvalue weighted by atomic mass is 35.5. The molecule has 0 unspecified atom stereocenters. The van der Waals surface area contributed by atoms with Crippen LogP contribution in [0.25, 0.3) is 0 Å². The lowest BCUT2D eigenvalue weighted by Gasteiger charge is -2.15. The molecule has 2 rings (SSSR count). The van der Waals surface area contributed by atoms with Gasteiger partial charge in [0.2, 0.25) is 0 Å². The third-order valence-electron chi connectivity index (χ3n) is 3.70. The van der Waals surface area contributed by atoms with Crippen LogP contribution in [0.1, 0.15) is 41.0 Å². The van der Waals surface area contributed by atoms with Crippen LogP contribution in [0.5, 0.6) is 0 Å². The summed E-state index contributed by atoms with van der Waals surface area (Å²) in [5.41, 5.74) is 0.855. The third-order valence-corrected chi connectivity index (χ3v) is 3.96. The number of carbonyl (C=O) groups is 3. The summed E-state index contributed by atoms with van der Waals surface area (Å²) in [6.07, 6.45) is -0.157. The number of ether oxygens (including phenoxy) is 1. The number of anilines is 1. The number of rotatable bonds is 7. The molecule has 0 spiro atoms. The molecule has 0 heterocycles. The van der Waals surface area contributed by atoms with Crippen molar-refractivity contribution in [1.82, 2.24) is 5.32 Å². The Bertz CT molecular complexity index is 821. The zero-order valence-corrected chi connectivity index (χ0v) is 15.9. The van der Waals surface area contributed by atoms with E-state index in [9.17, 15) is 14.4 Å². The van der Waals surface area contributed by atoms with Gasteiger partial charge in [-0.2, -0.15) is 0 Å². The number of carbonyl (C=O) groups excluding carboxylic acids is 3. The van der Waals surface area contributed by atoms with E-state index in [4.69, 9.17) is 16.3 Å². The van der Waals surface area contributed by atoms with Crippen molar-refractivity contribution in [2.75, 3.05) is 11.9 Å². The average Bonchev–Trinajstić information content (AvgIpc) is 2.66. The Morgan fingerprint density at radius 1 is 1.07 bits per heavy atom. The predicted molar refractivity (Wildman–Crippen MR) is 104 cm³/mol. The van der Waals surface area contributed by atoms with Gasteiger partial charge >= 0.3 is 5.97 Å². The molecule has 0 aromatic heterocycles. The first-order valence-electron chi connectivity index (χ1n) is 8.57. The van der Waals surface area contributed by atoms with Crippen LogP contribution >= 0.6 is 11.6 Å². The lowest BCUT2D eigenvalue weighted by atomic mass is 10.1. The molecular formula is C20H21ClN2O4. The van der Waals surface area contributed by atoms with Gasteiger partial charge in [0.1, 0.15) is 0 Å². The van der Waals surface area contributed by atoms with E-state index in [1.807, 2.05) is 6.92 Å². The largest absolute Gasteiger partial charge is 0.449 e. The lowest BCUT2D eigenvalue weighted by Crippen LogP contribution is -2.36. The number of para-hydroxylation sites is 1. The van der Waals surface area contributed by atoms with Crippen molar-refractivity contribution < 1.29 is 19.1 Å². The van der Waals surface area contributed by atoms with E-state index in [0.29, 0.717) is 22.8 Å². The van der Waals surface area contributed by atoms with Crippen molar-refractivity contribution in [2.24, 2.45) is 0 Å². The van der Waals surface area contributed by atoms with E-state index in [0.717, 1.165) is 6.42 Å². The Labute approximate surface area is 162 Å². The third kappa shape index (κ3) is 5.82. The normalized spacial score (nSPS) is 11.4. The highest BCUT2D eigenvalue weighted by molar-refractivity contribution is 6.30. The van der Waals surface area contributed by atoms with Gasteiger partial charge in [-0.05, 0) is 49.7 Å². The molecule has 0 saturated heterocycles. The lowest BCUT2D eigenvalue weighted by molar-refractivity contribution is -0.129. The Kier molecular flexibility index (Phi) is 7.37. The molecule has 2 aromatic rings. The molecule has 2 aromatic carbocycles. The monoisotopic (exact) mass is 388 g/mol. The van der Waals surface area contributed by atoms with Crippen molar-refractivity contribution in [3.05, 3.63) is 64.7 Å². The van der Waals surface area contributed by atoms with Gasteiger partial charge in [0.15, 0.2) is 6.10 Å². The van der Waals surface area contributed by atoms with Crippen LogP contribution in [0.15, 0.2) is 48.5 Å². The zero-order chi connectivity index (χ0) is 19.8. The van der Waals surface area contributed by atoms with Crippen LogP contribution in [-0.4, -0.2) is 30.4 Å². The summed E-state index contributed by atoms with van der Waals surface area (Å²) in [5, 5.41) is 5.86. The maximum atomic E-state index is 12.4. The molecule has 2 amide bonds. The van der Waals surface area contributed by atoms with E-state index in [1.54, 1.807) is 42.5 Å². The fourth-order valence-corrected chi connectivity index (χ4v) is 2.36. The van der Waals surface area contributed by atoms with Crippen LogP contribution in [0, 0.1) is 0 Å². The van der Waals surface area contributed by atoms with E-state index in [-0.39, 0.29) is 17.4 Å². The first kappa shape index (κ1) is 20.5. The van der Waals surface area contributed by atoms with Gasteiger partial charge in [-0.25, -0.2) is 4.79 Å². The van der Waals surface area contributed by atoms with Crippen molar-refractivity contribution >= 4 is 35.1 Å². The first-order valence-corrected chi connectivity index (χ1v) is 8.94. The van der Waals surface area contributed by atoms with Gasteiger partial charge in [-0.15, -0.1) is 0 Å². The highest BCUT2D eigenvalue weighted by Crippen LogP contribution is 2.19. The van der Waals surface area contributed by atoms with Gasteiger partial charge < -0.3 is 15.4 Å². The van der Waals surface area contributed by atoms with Crippen molar-refractivity contribution in [1.29, 1.82) is 0 Å². The second-order valence-electron chi connectivity index (χ2n) is 5.85. The molecule has 0 saturated carbocycles. The molecule has 2 N–H and O–H groups in total. The molecule has 0 aliphatic carbocycles. The zero-order valence-electron chi connectivity index (χ0n) is 15.1. The standard InChI is InChI=1S/C20H21ClN2O4/c1-3-12-22-18(24)13(2)27-20(26)16-6-4-5-7-17(16)23-19(25)14-8-10-15(21)11-9-14/h4-11,13H,3,12H2,1-2H3,(H,22,24)(H,23,25)/t13-/m1/s1. The van der Waals surface area contributed by atoms with Crippen LogP contribution < -0.4 is 10.6 Å². The minimum Gasteiger partial charge on any atom is -0.449 e. The Morgan fingerprint density at radius 3 is 2.41 bits per heavy atom. The number of nitrogens with one attached hydrogen (secondary N) is 2. The predicted octanol–water partition coefficient (Wildman–Crippen LogP) is 3.66. The minimum atomic E-state index is -0.941. The summed E-state index contributed by atoms with van der Waals surface area (Å²) in [5.74, 6) is -1.45. The maximum absolute atomic E-state index is 12.4. The maximum Gasteiger partial charge on any atom is 0.341 e. The SMILES string of the molecule is CCCNC(=O)[C@@H](C)OC(=O)c1ccccc1NC(=O)c1ccc(Cl)cc1. The molecule has 1 atom stereocenters. The van der Waals surface area contributed by atoms with Crippen LogP contribution in [0.4, 0.5) is 5.69 Å². The molecule has 0 bridgehead atoms. The van der Waals surface area contributed by atoms with Gasteiger partial charge in [0.05, 0.1) is 11.3 Å². The Hall–Kier alpha value is -2.86. The molecular weight excluding hydrogens is 368 g/mol. The van der Waals surface area contributed by atoms with Gasteiger partial charge in [0, 0.05) is 17.1 Å².